The summed E-state index contributed by atoms with van der Waals surface area (Å²) in [5, 5.41) is 0. The zero-order valence-electron chi connectivity index (χ0n) is 24.5. The molecule has 6 heteroatoms. The normalized spacial score (nSPS) is 11.7. The molecule has 0 radical (unpaired) electrons. The van der Waals surface area contributed by atoms with Crippen molar-refractivity contribution in [3.8, 4) is 28.4 Å². The van der Waals surface area contributed by atoms with Gasteiger partial charge in [-0.25, -0.2) is 13.6 Å². The summed E-state index contributed by atoms with van der Waals surface area (Å²) in [5.74, 6) is 0.234. The van der Waals surface area contributed by atoms with Crippen LogP contribution in [0.5, 0.6) is 17.2 Å². The molecule has 0 aliphatic carbocycles. The largest absolute Gasteiger partial charge is 0.491 e. The molecule has 0 aliphatic heterocycles. The van der Waals surface area contributed by atoms with Crippen molar-refractivity contribution in [2.45, 2.75) is 90.6 Å². The van der Waals surface area contributed by atoms with Gasteiger partial charge in [-0.15, -0.1) is 0 Å². The maximum atomic E-state index is 14.6. The fraction of sp³-hybridized carbons (Fsp3) is 0.457. The molecule has 222 valence electrons. The number of alkyl halides is 1. The van der Waals surface area contributed by atoms with E-state index in [1.54, 1.807) is 54.6 Å². The first kappa shape index (κ1) is 32.1. The number of halogens is 2. The molecule has 0 aromatic heterocycles. The molecule has 1 atom stereocenters. The molecule has 3 aromatic rings. The van der Waals surface area contributed by atoms with Gasteiger partial charge in [-0.05, 0) is 72.5 Å². The SMILES string of the molecule is CCCCCCCCOc1ccc(-c2ccc(OC(=O)c3ccc(OC[C@H](F)CCCCCC)cc3)cc2)cc1F. The first-order valence-electron chi connectivity index (χ1n) is 15.1. The van der Waals surface area contributed by atoms with Crippen LogP contribution in [-0.4, -0.2) is 25.4 Å². The molecule has 3 aromatic carbocycles. The van der Waals surface area contributed by atoms with Crippen LogP contribution in [0.2, 0.25) is 0 Å². The van der Waals surface area contributed by atoms with Crippen molar-refractivity contribution in [3.63, 3.8) is 0 Å². The zero-order chi connectivity index (χ0) is 29.3. The molecule has 41 heavy (non-hydrogen) atoms. The minimum absolute atomic E-state index is 0.00110. The third-order valence-corrected chi connectivity index (χ3v) is 6.98. The van der Waals surface area contributed by atoms with E-state index in [1.807, 2.05) is 6.07 Å². The predicted molar refractivity (Wildman–Crippen MR) is 161 cm³/mol. The average Bonchev–Trinajstić information content (AvgIpc) is 2.99. The summed E-state index contributed by atoms with van der Waals surface area (Å²) in [6.07, 6.45) is 10.6. The van der Waals surface area contributed by atoms with Crippen molar-refractivity contribution in [2.75, 3.05) is 13.2 Å². The van der Waals surface area contributed by atoms with Gasteiger partial charge in [0.15, 0.2) is 11.6 Å². The smallest absolute Gasteiger partial charge is 0.343 e. The fourth-order valence-electron chi connectivity index (χ4n) is 4.49. The molecule has 0 unspecified atom stereocenters. The molecule has 0 heterocycles. The van der Waals surface area contributed by atoms with E-state index >= 15 is 0 Å². The number of ether oxygens (including phenoxy) is 3. The number of unbranched alkanes of at least 4 members (excludes halogenated alkanes) is 8. The van der Waals surface area contributed by atoms with Crippen LogP contribution >= 0.6 is 0 Å². The van der Waals surface area contributed by atoms with Gasteiger partial charge < -0.3 is 14.2 Å². The quantitative estimate of drug-likeness (QED) is 0.0823. The Labute approximate surface area is 244 Å². The minimum atomic E-state index is -1.00. The molecular weight excluding hydrogens is 522 g/mol. The fourth-order valence-corrected chi connectivity index (χ4v) is 4.49. The highest BCUT2D eigenvalue weighted by atomic mass is 19.1. The van der Waals surface area contributed by atoms with Gasteiger partial charge in [-0.3, -0.25) is 0 Å². The summed E-state index contributed by atoms with van der Waals surface area (Å²) in [6, 6.07) is 18.3. The van der Waals surface area contributed by atoms with Crippen molar-refractivity contribution < 1.29 is 27.8 Å². The first-order valence-corrected chi connectivity index (χ1v) is 15.1. The lowest BCUT2D eigenvalue weighted by atomic mass is 10.1. The number of benzene rings is 3. The maximum Gasteiger partial charge on any atom is 0.343 e. The molecule has 0 N–H and O–H groups in total. The highest BCUT2D eigenvalue weighted by Crippen LogP contribution is 2.28. The summed E-state index contributed by atoms with van der Waals surface area (Å²) >= 11 is 0. The van der Waals surface area contributed by atoms with E-state index in [2.05, 4.69) is 13.8 Å². The van der Waals surface area contributed by atoms with E-state index in [0.29, 0.717) is 35.7 Å². The van der Waals surface area contributed by atoms with Crippen LogP contribution in [0, 0.1) is 5.82 Å². The monoisotopic (exact) mass is 566 g/mol. The average molecular weight is 567 g/mol. The van der Waals surface area contributed by atoms with E-state index in [0.717, 1.165) is 44.1 Å². The summed E-state index contributed by atoms with van der Waals surface area (Å²) in [5.41, 5.74) is 1.86. The van der Waals surface area contributed by atoms with Crippen LogP contribution in [-0.2, 0) is 0 Å². The van der Waals surface area contributed by atoms with Gasteiger partial charge >= 0.3 is 5.97 Å². The first-order chi connectivity index (χ1) is 20.0. The zero-order valence-corrected chi connectivity index (χ0v) is 24.5. The number of esters is 1. The minimum Gasteiger partial charge on any atom is -0.491 e. The summed E-state index contributed by atoms with van der Waals surface area (Å²) < 4.78 is 45.3. The number of rotatable bonds is 19. The second-order valence-electron chi connectivity index (χ2n) is 10.5. The van der Waals surface area contributed by atoms with Crippen molar-refractivity contribution in [2.24, 2.45) is 0 Å². The highest BCUT2D eigenvalue weighted by Gasteiger charge is 2.12. The van der Waals surface area contributed by atoms with E-state index in [4.69, 9.17) is 14.2 Å². The van der Waals surface area contributed by atoms with Gasteiger partial charge in [0, 0.05) is 0 Å². The Kier molecular flexibility index (Phi) is 14.2. The molecule has 0 aliphatic rings. The van der Waals surface area contributed by atoms with Crippen molar-refractivity contribution in [1.29, 1.82) is 0 Å². The Morgan fingerprint density at radius 2 is 1.32 bits per heavy atom. The van der Waals surface area contributed by atoms with Crippen LogP contribution in [0.4, 0.5) is 8.78 Å². The lowest BCUT2D eigenvalue weighted by Gasteiger charge is -2.11. The Balaban J connectivity index is 1.44. The lowest BCUT2D eigenvalue weighted by Crippen LogP contribution is -2.13. The molecule has 0 amide bonds. The second kappa shape index (κ2) is 18.1. The molecule has 3 rings (SSSR count). The van der Waals surface area contributed by atoms with Gasteiger partial charge in [0.1, 0.15) is 24.3 Å². The van der Waals surface area contributed by atoms with Gasteiger partial charge in [-0.1, -0.05) is 89.8 Å². The van der Waals surface area contributed by atoms with E-state index in [9.17, 15) is 13.6 Å². The number of carbonyl (C=O) groups is 1. The third-order valence-electron chi connectivity index (χ3n) is 6.98. The second-order valence-corrected chi connectivity index (χ2v) is 10.5. The van der Waals surface area contributed by atoms with Crippen LogP contribution < -0.4 is 14.2 Å². The molecular formula is C35H44F2O4. The Morgan fingerprint density at radius 1 is 0.707 bits per heavy atom. The van der Waals surface area contributed by atoms with E-state index in [1.165, 1.54) is 31.7 Å². The molecule has 4 nitrogen and oxygen atoms in total. The maximum absolute atomic E-state index is 14.6. The van der Waals surface area contributed by atoms with Crippen molar-refractivity contribution in [3.05, 3.63) is 78.1 Å². The summed E-state index contributed by atoms with van der Waals surface area (Å²) in [6.45, 7) is 4.83. The summed E-state index contributed by atoms with van der Waals surface area (Å²) in [4.78, 5) is 12.6. The van der Waals surface area contributed by atoms with Gasteiger partial charge in [0.05, 0.1) is 12.2 Å². The van der Waals surface area contributed by atoms with Crippen LogP contribution in [0.3, 0.4) is 0 Å². The van der Waals surface area contributed by atoms with Gasteiger partial charge in [0.2, 0.25) is 0 Å². The predicted octanol–water partition coefficient (Wildman–Crippen LogP) is 10.1. The van der Waals surface area contributed by atoms with E-state index in [-0.39, 0.29) is 12.4 Å². The molecule has 0 fully saturated rings. The van der Waals surface area contributed by atoms with Crippen molar-refractivity contribution in [1.82, 2.24) is 0 Å². The number of carbonyl (C=O) groups excluding carboxylic acids is 1. The Bertz CT molecular complexity index is 1160. The molecule has 0 spiro atoms. The van der Waals surface area contributed by atoms with Gasteiger partial charge in [0.25, 0.3) is 0 Å². The topological polar surface area (TPSA) is 44.8 Å². The van der Waals surface area contributed by atoms with Crippen LogP contribution in [0.15, 0.2) is 66.7 Å². The molecule has 0 bridgehead atoms. The molecule has 0 saturated heterocycles. The number of hydrogen-bond acceptors (Lipinski definition) is 4. The van der Waals surface area contributed by atoms with E-state index < -0.39 is 18.0 Å². The highest BCUT2D eigenvalue weighted by molar-refractivity contribution is 5.91. The Hall–Kier alpha value is -3.41. The standard InChI is InChI=1S/C35H44F2O4/c1-3-5-7-9-10-12-24-39-34-23-18-29(25-33(34)37)27-14-21-32(22-15-27)41-35(38)28-16-19-31(20-17-28)40-26-30(36)13-11-8-6-4-2/h14-23,25,30H,3-13,24,26H2,1-2H3/t30-/m1/s1. The Morgan fingerprint density at radius 3 is 2.00 bits per heavy atom. The molecule has 0 saturated carbocycles. The van der Waals surface area contributed by atoms with Crippen molar-refractivity contribution >= 4 is 5.97 Å². The van der Waals surface area contributed by atoms with Gasteiger partial charge in [-0.2, -0.15) is 0 Å². The van der Waals surface area contributed by atoms with Crippen LogP contribution in [0.25, 0.3) is 11.1 Å². The summed E-state index contributed by atoms with van der Waals surface area (Å²) in [7, 11) is 0. The van der Waals surface area contributed by atoms with Crippen LogP contribution in [0.1, 0.15) is 94.8 Å². The third kappa shape index (κ3) is 11.5. The number of hydrogen-bond donors (Lipinski definition) is 0. The lowest BCUT2D eigenvalue weighted by molar-refractivity contribution is 0.0734.